The standard InChI is InChI=1S/C22H23F2N3O2/c1-2-11-25-21(29)13-26-20(28)10-8-17-18-12-16(24)7-9-19(18)27-22(17)14-3-5-15(23)6-4-14/h3-7,9,12,27H,2,8,10-11,13H2,1H3,(H,25,29)(H,26,28). The van der Waals surface area contributed by atoms with Gasteiger partial charge < -0.3 is 15.6 Å². The lowest BCUT2D eigenvalue weighted by Crippen LogP contribution is -2.37. The molecule has 3 N–H and O–H groups in total. The maximum atomic E-state index is 13.8. The van der Waals surface area contributed by atoms with E-state index in [1.165, 1.54) is 24.3 Å². The molecule has 5 nitrogen and oxygen atoms in total. The third-order valence-electron chi connectivity index (χ3n) is 4.62. The molecule has 2 aromatic carbocycles. The Hall–Kier alpha value is -3.22. The van der Waals surface area contributed by atoms with Gasteiger partial charge in [0.25, 0.3) is 0 Å². The normalized spacial score (nSPS) is 10.9. The minimum absolute atomic E-state index is 0.0772. The number of rotatable bonds is 8. The molecule has 0 atom stereocenters. The van der Waals surface area contributed by atoms with Crippen molar-refractivity contribution in [3.8, 4) is 11.3 Å². The molecule has 0 aliphatic heterocycles. The van der Waals surface area contributed by atoms with Crippen LogP contribution in [0.2, 0.25) is 0 Å². The van der Waals surface area contributed by atoms with Crippen LogP contribution in [0.25, 0.3) is 22.2 Å². The van der Waals surface area contributed by atoms with Crippen molar-refractivity contribution < 1.29 is 18.4 Å². The second-order valence-corrected chi connectivity index (χ2v) is 6.80. The van der Waals surface area contributed by atoms with E-state index in [4.69, 9.17) is 0 Å². The van der Waals surface area contributed by atoms with Crippen molar-refractivity contribution >= 4 is 22.7 Å². The average molecular weight is 399 g/mol. The minimum atomic E-state index is -0.375. The van der Waals surface area contributed by atoms with Gasteiger partial charge in [-0.2, -0.15) is 0 Å². The van der Waals surface area contributed by atoms with Crippen LogP contribution in [0.15, 0.2) is 42.5 Å². The van der Waals surface area contributed by atoms with Gasteiger partial charge in [-0.1, -0.05) is 6.92 Å². The summed E-state index contributed by atoms with van der Waals surface area (Å²) in [6, 6.07) is 10.4. The molecule has 152 valence electrons. The van der Waals surface area contributed by atoms with Gasteiger partial charge in [0.2, 0.25) is 11.8 Å². The number of fused-ring (bicyclic) bond motifs is 1. The van der Waals surface area contributed by atoms with Crippen LogP contribution < -0.4 is 10.6 Å². The summed E-state index contributed by atoms with van der Waals surface area (Å²) < 4.78 is 27.1. The molecule has 0 aliphatic carbocycles. The third kappa shape index (κ3) is 5.19. The van der Waals surface area contributed by atoms with E-state index >= 15 is 0 Å². The molecule has 2 amide bonds. The summed E-state index contributed by atoms with van der Waals surface area (Å²) in [5.74, 6) is -1.23. The maximum absolute atomic E-state index is 13.8. The van der Waals surface area contributed by atoms with E-state index in [1.807, 2.05) is 6.92 Å². The Labute approximate surface area is 167 Å². The smallest absolute Gasteiger partial charge is 0.239 e. The number of halogens is 2. The first-order valence-electron chi connectivity index (χ1n) is 9.57. The molecule has 1 heterocycles. The summed E-state index contributed by atoms with van der Waals surface area (Å²) in [4.78, 5) is 27.0. The van der Waals surface area contributed by atoms with Crippen LogP contribution in [0, 0.1) is 11.6 Å². The van der Waals surface area contributed by atoms with Gasteiger partial charge in [0, 0.05) is 29.6 Å². The van der Waals surface area contributed by atoms with Gasteiger partial charge in [-0.05, 0) is 66.4 Å². The summed E-state index contributed by atoms with van der Waals surface area (Å²) in [7, 11) is 0. The minimum Gasteiger partial charge on any atom is -0.355 e. The first-order valence-corrected chi connectivity index (χ1v) is 9.57. The number of hydrogen-bond donors (Lipinski definition) is 3. The van der Waals surface area contributed by atoms with Crippen molar-refractivity contribution in [1.82, 2.24) is 15.6 Å². The van der Waals surface area contributed by atoms with Crippen LogP contribution in [-0.4, -0.2) is 29.9 Å². The lowest BCUT2D eigenvalue weighted by molar-refractivity contribution is -0.126. The molecule has 0 bridgehead atoms. The highest BCUT2D eigenvalue weighted by Gasteiger charge is 2.16. The van der Waals surface area contributed by atoms with Crippen LogP contribution in [0.1, 0.15) is 25.3 Å². The van der Waals surface area contributed by atoms with E-state index in [0.717, 1.165) is 28.8 Å². The summed E-state index contributed by atoms with van der Waals surface area (Å²) in [5.41, 5.74) is 2.98. The second kappa shape index (κ2) is 9.32. The van der Waals surface area contributed by atoms with Crippen molar-refractivity contribution in [3.63, 3.8) is 0 Å². The summed E-state index contributed by atoms with van der Waals surface area (Å²) >= 11 is 0. The van der Waals surface area contributed by atoms with Gasteiger partial charge in [-0.15, -0.1) is 0 Å². The SMILES string of the molecule is CCCNC(=O)CNC(=O)CCc1c(-c2ccc(F)cc2)[nH]c2ccc(F)cc12. The van der Waals surface area contributed by atoms with E-state index < -0.39 is 0 Å². The van der Waals surface area contributed by atoms with Crippen LogP contribution in [0.3, 0.4) is 0 Å². The Bertz CT molecular complexity index is 1010. The molecule has 0 unspecified atom stereocenters. The predicted octanol–water partition coefficient (Wildman–Crippen LogP) is 3.69. The highest BCUT2D eigenvalue weighted by atomic mass is 19.1. The number of aryl methyl sites for hydroxylation is 1. The maximum Gasteiger partial charge on any atom is 0.239 e. The van der Waals surface area contributed by atoms with Gasteiger partial charge >= 0.3 is 0 Å². The van der Waals surface area contributed by atoms with E-state index in [9.17, 15) is 18.4 Å². The first kappa shape index (κ1) is 20.5. The molecular weight excluding hydrogens is 376 g/mol. The zero-order valence-corrected chi connectivity index (χ0v) is 16.1. The zero-order chi connectivity index (χ0) is 20.8. The van der Waals surface area contributed by atoms with Gasteiger partial charge in [0.05, 0.1) is 6.54 Å². The molecule has 3 rings (SSSR count). The van der Waals surface area contributed by atoms with Crippen molar-refractivity contribution in [2.24, 2.45) is 0 Å². The topological polar surface area (TPSA) is 74.0 Å². The molecule has 0 radical (unpaired) electrons. The monoisotopic (exact) mass is 399 g/mol. The Morgan fingerprint density at radius 2 is 1.69 bits per heavy atom. The molecule has 3 aromatic rings. The first-order chi connectivity index (χ1) is 14.0. The highest BCUT2D eigenvalue weighted by molar-refractivity contribution is 5.92. The van der Waals surface area contributed by atoms with Crippen molar-refractivity contribution in [3.05, 3.63) is 59.7 Å². The lowest BCUT2D eigenvalue weighted by atomic mass is 10.0. The van der Waals surface area contributed by atoms with Crippen LogP contribution in [-0.2, 0) is 16.0 Å². The number of carbonyl (C=O) groups is 2. The summed E-state index contributed by atoms with van der Waals surface area (Å²) in [5, 5.41) is 5.97. The number of benzene rings is 2. The highest BCUT2D eigenvalue weighted by Crippen LogP contribution is 2.32. The molecule has 0 saturated carbocycles. The molecule has 7 heteroatoms. The Kier molecular flexibility index (Phi) is 6.59. The quantitative estimate of drug-likeness (QED) is 0.541. The van der Waals surface area contributed by atoms with Gasteiger partial charge in [-0.25, -0.2) is 8.78 Å². The molecule has 0 aliphatic rings. The molecule has 0 spiro atoms. The zero-order valence-electron chi connectivity index (χ0n) is 16.1. The molecule has 0 fully saturated rings. The van der Waals surface area contributed by atoms with E-state index in [0.29, 0.717) is 18.4 Å². The number of aromatic nitrogens is 1. The van der Waals surface area contributed by atoms with Crippen molar-refractivity contribution in [1.29, 1.82) is 0 Å². The fraction of sp³-hybridized carbons (Fsp3) is 0.273. The van der Waals surface area contributed by atoms with E-state index in [1.54, 1.807) is 18.2 Å². The summed E-state index contributed by atoms with van der Waals surface area (Å²) in [6.07, 6.45) is 1.31. The molecular formula is C22H23F2N3O2. The van der Waals surface area contributed by atoms with Crippen LogP contribution in [0.5, 0.6) is 0 Å². The van der Waals surface area contributed by atoms with Crippen LogP contribution >= 0.6 is 0 Å². The number of H-pyrrole nitrogens is 1. The van der Waals surface area contributed by atoms with E-state index in [-0.39, 0.29) is 36.4 Å². The van der Waals surface area contributed by atoms with Gasteiger partial charge in [0.15, 0.2) is 0 Å². The number of carbonyl (C=O) groups excluding carboxylic acids is 2. The Morgan fingerprint density at radius 1 is 0.966 bits per heavy atom. The van der Waals surface area contributed by atoms with Gasteiger partial charge in [-0.3, -0.25) is 9.59 Å². The Morgan fingerprint density at radius 3 is 2.41 bits per heavy atom. The fourth-order valence-corrected chi connectivity index (χ4v) is 3.18. The Balaban J connectivity index is 1.77. The molecule has 29 heavy (non-hydrogen) atoms. The lowest BCUT2D eigenvalue weighted by Gasteiger charge is -2.08. The average Bonchev–Trinajstić information content (AvgIpc) is 3.07. The van der Waals surface area contributed by atoms with E-state index in [2.05, 4.69) is 15.6 Å². The van der Waals surface area contributed by atoms with Gasteiger partial charge in [0.1, 0.15) is 11.6 Å². The fourth-order valence-electron chi connectivity index (χ4n) is 3.18. The number of nitrogens with one attached hydrogen (secondary N) is 3. The molecule has 1 aromatic heterocycles. The second-order valence-electron chi connectivity index (χ2n) is 6.80. The number of aromatic amines is 1. The predicted molar refractivity (Wildman–Crippen MR) is 108 cm³/mol. The van der Waals surface area contributed by atoms with Crippen molar-refractivity contribution in [2.75, 3.05) is 13.1 Å². The van der Waals surface area contributed by atoms with Crippen molar-refractivity contribution in [2.45, 2.75) is 26.2 Å². The summed E-state index contributed by atoms with van der Waals surface area (Å²) in [6.45, 7) is 2.43. The molecule has 0 saturated heterocycles. The van der Waals surface area contributed by atoms with Crippen LogP contribution in [0.4, 0.5) is 8.78 Å². The number of hydrogen-bond acceptors (Lipinski definition) is 2. The third-order valence-corrected chi connectivity index (χ3v) is 4.62. The largest absolute Gasteiger partial charge is 0.355 e. The number of amides is 2.